The van der Waals surface area contributed by atoms with Crippen LogP contribution in [0.4, 0.5) is 11.4 Å². The van der Waals surface area contributed by atoms with Crippen LogP contribution in [0.1, 0.15) is 28.9 Å². The van der Waals surface area contributed by atoms with Gasteiger partial charge in [-0.05, 0) is 36.8 Å². The Morgan fingerprint density at radius 3 is 2.54 bits per heavy atom. The number of carbonyl (C=O) groups is 1. The molecular formula is C20H17Cl2N3O. The monoisotopic (exact) mass is 385 g/mol. The number of hydrogen-bond acceptors (Lipinski definition) is 3. The van der Waals surface area contributed by atoms with Crippen molar-refractivity contribution in [1.29, 1.82) is 0 Å². The van der Waals surface area contributed by atoms with Crippen LogP contribution in [0.3, 0.4) is 0 Å². The van der Waals surface area contributed by atoms with Crippen molar-refractivity contribution in [3.05, 3.63) is 88.2 Å². The lowest BCUT2D eigenvalue weighted by Gasteiger charge is -2.16. The lowest BCUT2D eigenvalue weighted by atomic mass is 10.1. The lowest BCUT2D eigenvalue weighted by Crippen LogP contribution is -2.13. The van der Waals surface area contributed by atoms with E-state index >= 15 is 0 Å². The SMILES string of the molecule is CC(Nc1cncc(C(=O)Nc2ccc(Cl)cc2Cl)c1)c1ccccc1. The van der Waals surface area contributed by atoms with E-state index in [1.54, 1.807) is 30.5 Å². The van der Waals surface area contributed by atoms with Crippen LogP contribution in [0.15, 0.2) is 67.0 Å². The van der Waals surface area contributed by atoms with Gasteiger partial charge in [0.2, 0.25) is 0 Å². The van der Waals surface area contributed by atoms with E-state index in [1.807, 2.05) is 30.3 Å². The highest BCUT2D eigenvalue weighted by atomic mass is 35.5. The number of hydrogen-bond donors (Lipinski definition) is 2. The fourth-order valence-electron chi connectivity index (χ4n) is 2.50. The van der Waals surface area contributed by atoms with Crippen LogP contribution in [-0.4, -0.2) is 10.9 Å². The Bertz CT molecular complexity index is 916. The highest BCUT2D eigenvalue weighted by Crippen LogP contribution is 2.26. The van der Waals surface area contributed by atoms with Crippen LogP contribution >= 0.6 is 23.2 Å². The Hall–Kier alpha value is -2.56. The number of amides is 1. The number of nitrogens with zero attached hydrogens (tertiary/aromatic N) is 1. The van der Waals surface area contributed by atoms with E-state index in [1.165, 1.54) is 6.20 Å². The van der Waals surface area contributed by atoms with Crippen molar-refractivity contribution in [1.82, 2.24) is 4.98 Å². The molecule has 1 heterocycles. The van der Waals surface area contributed by atoms with E-state index in [0.29, 0.717) is 21.3 Å². The molecule has 0 fully saturated rings. The summed E-state index contributed by atoms with van der Waals surface area (Å²) < 4.78 is 0. The second-order valence-electron chi connectivity index (χ2n) is 5.82. The molecule has 2 aromatic carbocycles. The molecule has 0 saturated heterocycles. The van der Waals surface area contributed by atoms with Crippen molar-refractivity contribution in [3.63, 3.8) is 0 Å². The molecule has 26 heavy (non-hydrogen) atoms. The molecule has 1 atom stereocenters. The van der Waals surface area contributed by atoms with E-state index in [2.05, 4.69) is 22.5 Å². The summed E-state index contributed by atoms with van der Waals surface area (Å²) in [7, 11) is 0. The van der Waals surface area contributed by atoms with Crippen LogP contribution in [-0.2, 0) is 0 Å². The van der Waals surface area contributed by atoms with Gasteiger partial charge in [0.05, 0.1) is 22.0 Å². The molecule has 6 heteroatoms. The van der Waals surface area contributed by atoms with E-state index in [9.17, 15) is 4.79 Å². The quantitative estimate of drug-likeness (QED) is 0.582. The lowest BCUT2D eigenvalue weighted by molar-refractivity contribution is 0.102. The van der Waals surface area contributed by atoms with Crippen LogP contribution in [0, 0.1) is 0 Å². The predicted octanol–water partition coefficient (Wildman–Crippen LogP) is 5.81. The minimum Gasteiger partial charge on any atom is -0.377 e. The molecule has 1 aromatic heterocycles. The number of anilines is 2. The second-order valence-corrected chi connectivity index (χ2v) is 6.66. The normalized spacial score (nSPS) is 11.7. The first-order valence-corrected chi connectivity index (χ1v) is 8.81. The van der Waals surface area contributed by atoms with Gasteiger partial charge in [0.15, 0.2) is 0 Å². The van der Waals surface area contributed by atoms with Crippen molar-refractivity contribution in [2.75, 3.05) is 10.6 Å². The molecule has 3 rings (SSSR count). The maximum Gasteiger partial charge on any atom is 0.257 e. The number of carbonyl (C=O) groups excluding carboxylic acids is 1. The third-order valence-corrected chi connectivity index (χ3v) is 4.41. The van der Waals surface area contributed by atoms with Gasteiger partial charge in [-0.2, -0.15) is 0 Å². The maximum absolute atomic E-state index is 12.5. The van der Waals surface area contributed by atoms with Gasteiger partial charge >= 0.3 is 0 Å². The first kappa shape index (κ1) is 18.2. The molecule has 132 valence electrons. The fourth-order valence-corrected chi connectivity index (χ4v) is 2.96. The molecule has 1 amide bonds. The summed E-state index contributed by atoms with van der Waals surface area (Å²) in [5.74, 6) is -0.294. The van der Waals surface area contributed by atoms with Gasteiger partial charge < -0.3 is 10.6 Å². The van der Waals surface area contributed by atoms with E-state index in [4.69, 9.17) is 23.2 Å². The molecule has 2 N–H and O–H groups in total. The first-order valence-electron chi connectivity index (χ1n) is 8.06. The van der Waals surface area contributed by atoms with Crippen molar-refractivity contribution in [2.45, 2.75) is 13.0 Å². The van der Waals surface area contributed by atoms with Gasteiger partial charge in [0.1, 0.15) is 0 Å². The Morgan fingerprint density at radius 2 is 1.81 bits per heavy atom. The van der Waals surface area contributed by atoms with Crippen molar-refractivity contribution in [2.24, 2.45) is 0 Å². The molecular weight excluding hydrogens is 369 g/mol. The minimum absolute atomic E-state index is 0.0852. The van der Waals surface area contributed by atoms with Gasteiger partial charge in [-0.25, -0.2) is 0 Å². The van der Waals surface area contributed by atoms with Crippen LogP contribution in [0.5, 0.6) is 0 Å². The van der Waals surface area contributed by atoms with Gasteiger partial charge in [-0.3, -0.25) is 9.78 Å². The van der Waals surface area contributed by atoms with Gasteiger partial charge in [-0.1, -0.05) is 53.5 Å². The van der Waals surface area contributed by atoms with Crippen molar-refractivity contribution in [3.8, 4) is 0 Å². The molecule has 0 radical (unpaired) electrons. The average Bonchev–Trinajstić information content (AvgIpc) is 2.65. The number of benzene rings is 2. The molecule has 0 spiro atoms. The van der Waals surface area contributed by atoms with Crippen molar-refractivity contribution < 1.29 is 4.79 Å². The van der Waals surface area contributed by atoms with E-state index in [0.717, 1.165) is 11.3 Å². The summed E-state index contributed by atoms with van der Waals surface area (Å²) in [5.41, 5.74) is 2.84. The summed E-state index contributed by atoms with van der Waals surface area (Å²) >= 11 is 12.0. The molecule has 4 nitrogen and oxygen atoms in total. The van der Waals surface area contributed by atoms with Crippen LogP contribution < -0.4 is 10.6 Å². The molecule has 0 saturated carbocycles. The molecule has 0 bridgehead atoms. The van der Waals surface area contributed by atoms with Crippen molar-refractivity contribution >= 4 is 40.5 Å². The topological polar surface area (TPSA) is 54.0 Å². The molecule has 1 unspecified atom stereocenters. The summed E-state index contributed by atoms with van der Waals surface area (Å²) in [6.07, 6.45) is 3.20. The Balaban J connectivity index is 1.73. The molecule has 0 aliphatic heterocycles. The number of halogens is 2. The van der Waals surface area contributed by atoms with Crippen LogP contribution in [0.25, 0.3) is 0 Å². The Kier molecular flexibility index (Phi) is 5.76. The van der Waals surface area contributed by atoms with Crippen LogP contribution in [0.2, 0.25) is 10.0 Å². The summed E-state index contributed by atoms with van der Waals surface area (Å²) in [6.45, 7) is 2.05. The Labute approximate surface area is 162 Å². The summed E-state index contributed by atoms with van der Waals surface area (Å²) in [4.78, 5) is 16.6. The number of aromatic nitrogens is 1. The number of rotatable bonds is 5. The van der Waals surface area contributed by atoms with E-state index < -0.39 is 0 Å². The van der Waals surface area contributed by atoms with Gasteiger partial charge in [0, 0.05) is 23.5 Å². The van der Waals surface area contributed by atoms with E-state index in [-0.39, 0.29) is 11.9 Å². The minimum atomic E-state index is -0.294. The smallest absolute Gasteiger partial charge is 0.257 e. The largest absolute Gasteiger partial charge is 0.377 e. The predicted molar refractivity (Wildman–Crippen MR) is 107 cm³/mol. The van der Waals surface area contributed by atoms with Gasteiger partial charge in [0.25, 0.3) is 5.91 Å². The summed E-state index contributed by atoms with van der Waals surface area (Å²) in [5, 5.41) is 7.01. The molecule has 0 aliphatic rings. The average molecular weight is 386 g/mol. The summed E-state index contributed by atoms with van der Waals surface area (Å²) in [6, 6.07) is 16.8. The standard InChI is InChI=1S/C20H17Cl2N3O/c1-13(14-5-3-2-4-6-14)24-17-9-15(11-23-12-17)20(26)25-19-8-7-16(21)10-18(19)22/h2-13,24H,1H3,(H,25,26). The van der Waals surface area contributed by atoms with Gasteiger partial charge in [-0.15, -0.1) is 0 Å². The molecule has 0 aliphatic carbocycles. The zero-order valence-electron chi connectivity index (χ0n) is 14.0. The molecule has 3 aromatic rings. The third kappa shape index (κ3) is 4.54. The number of nitrogens with one attached hydrogen (secondary N) is 2. The second kappa shape index (κ2) is 8.21. The highest BCUT2D eigenvalue weighted by molar-refractivity contribution is 6.36. The maximum atomic E-state index is 12.5. The third-order valence-electron chi connectivity index (χ3n) is 3.86. The fraction of sp³-hybridized carbons (Fsp3) is 0.100. The number of pyridine rings is 1. The first-order chi connectivity index (χ1) is 12.5. The zero-order chi connectivity index (χ0) is 18.5. The highest BCUT2D eigenvalue weighted by Gasteiger charge is 2.11. The zero-order valence-corrected chi connectivity index (χ0v) is 15.6. The Morgan fingerprint density at radius 1 is 1.04 bits per heavy atom.